The highest BCUT2D eigenvalue weighted by Crippen LogP contribution is 2.74. The lowest BCUT2D eigenvalue weighted by molar-refractivity contribution is -0.175. The molecule has 0 N–H and O–H groups in total. The number of carbonyl (C=O) groups excluding carboxylic acids is 2. The molecule has 5 aliphatic rings. The second kappa shape index (κ2) is 7.39. The van der Waals surface area contributed by atoms with E-state index >= 15 is 0 Å². The van der Waals surface area contributed by atoms with Gasteiger partial charge in [-0.2, -0.15) is 0 Å². The molecule has 37 heavy (non-hydrogen) atoms. The smallest absolute Gasteiger partial charge is 0.311 e. The van der Waals surface area contributed by atoms with Crippen molar-refractivity contribution in [3.05, 3.63) is 29.2 Å². The number of ether oxygens (including phenoxy) is 1. The minimum Gasteiger partial charge on any atom is -0.469 e. The molecule has 8 unspecified atom stereocenters. The number of methoxy groups -OCH3 is 1. The van der Waals surface area contributed by atoms with Crippen molar-refractivity contribution in [3.63, 3.8) is 0 Å². The lowest BCUT2D eigenvalue weighted by Gasteiger charge is -2.69. The van der Waals surface area contributed by atoms with E-state index in [0.717, 1.165) is 57.1 Å². The summed E-state index contributed by atoms with van der Waals surface area (Å²) in [7, 11) is 1.51. The summed E-state index contributed by atoms with van der Waals surface area (Å²) in [5, 5.41) is 4.19. The predicted molar refractivity (Wildman–Crippen MR) is 142 cm³/mol. The van der Waals surface area contributed by atoms with Gasteiger partial charge in [0.1, 0.15) is 5.76 Å². The zero-order valence-electron chi connectivity index (χ0n) is 24.1. The Bertz CT molecular complexity index is 1210. The van der Waals surface area contributed by atoms with Gasteiger partial charge < -0.3 is 9.26 Å². The zero-order valence-corrected chi connectivity index (χ0v) is 24.1. The lowest BCUT2D eigenvalue weighted by Crippen LogP contribution is -2.66. The third-order valence-corrected chi connectivity index (χ3v) is 13.2. The van der Waals surface area contributed by atoms with Gasteiger partial charge in [-0.1, -0.05) is 52.3 Å². The molecule has 0 amide bonds. The summed E-state index contributed by atoms with van der Waals surface area (Å²) in [6.07, 6.45) is 11.9. The number of nitrogens with zero attached hydrogens (tertiary/aromatic N) is 1. The van der Waals surface area contributed by atoms with Crippen molar-refractivity contribution in [2.45, 2.75) is 105 Å². The van der Waals surface area contributed by atoms with E-state index in [-0.39, 0.29) is 44.9 Å². The van der Waals surface area contributed by atoms with Crippen molar-refractivity contribution in [2.75, 3.05) is 7.11 Å². The van der Waals surface area contributed by atoms with Crippen molar-refractivity contribution in [2.24, 2.45) is 44.8 Å². The molecule has 0 saturated heterocycles. The van der Waals surface area contributed by atoms with E-state index in [0.29, 0.717) is 11.7 Å². The van der Waals surface area contributed by atoms with Crippen LogP contribution < -0.4 is 0 Å². The molecular formula is C32H45NO4. The molecule has 0 spiro atoms. The van der Waals surface area contributed by atoms with Crippen LogP contribution in [0.2, 0.25) is 0 Å². The minimum absolute atomic E-state index is 0.0326. The van der Waals surface area contributed by atoms with Crippen LogP contribution in [0.1, 0.15) is 105 Å². The third-order valence-electron chi connectivity index (χ3n) is 13.2. The maximum Gasteiger partial charge on any atom is 0.311 e. The van der Waals surface area contributed by atoms with Crippen LogP contribution in [0.25, 0.3) is 0 Å². The van der Waals surface area contributed by atoms with Crippen LogP contribution in [0.4, 0.5) is 0 Å². The van der Waals surface area contributed by atoms with Gasteiger partial charge >= 0.3 is 5.97 Å². The first-order chi connectivity index (χ1) is 17.2. The first-order valence-corrected chi connectivity index (χ1v) is 14.4. The molecule has 0 bridgehead atoms. The largest absolute Gasteiger partial charge is 0.469 e. The van der Waals surface area contributed by atoms with Gasteiger partial charge in [0.15, 0.2) is 5.78 Å². The number of esters is 1. The van der Waals surface area contributed by atoms with Crippen LogP contribution >= 0.6 is 0 Å². The summed E-state index contributed by atoms with van der Waals surface area (Å²) < 4.78 is 11.1. The van der Waals surface area contributed by atoms with Crippen molar-refractivity contribution in [3.8, 4) is 0 Å². The molecule has 0 radical (unpaired) electrons. The molecule has 5 aliphatic carbocycles. The number of hydrogen-bond acceptors (Lipinski definition) is 5. The summed E-state index contributed by atoms with van der Waals surface area (Å²) in [6, 6.07) is 0. The van der Waals surface area contributed by atoms with Gasteiger partial charge in [0, 0.05) is 16.9 Å². The van der Waals surface area contributed by atoms with E-state index in [1.807, 2.05) is 6.20 Å². The highest BCUT2D eigenvalue weighted by Gasteiger charge is 2.70. The molecular weight excluding hydrogens is 462 g/mol. The molecule has 1 aromatic rings. The van der Waals surface area contributed by atoms with E-state index in [1.165, 1.54) is 18.2 Å². The Kier molecular flexibility index (Phi) is 5.06. The molecule has 5 heteroatoms. The normalized spacial score (nSPS) is 47.9. The fourth-order valence-corrected chi connectivity index (χ4v) is 10.9. The Hall–Kier alpha value is -1.91. The van der Waals surface area contributed by atoms with Crippen LogP contribution in [0, 0.1) is 44.8 Å². The van der Waals surface area contributed by atoms with Gasteiger partial charge in [0.25, 0.3) is 0 Å². The summed E-state index contributed by atoms with van der Waals surface area (Å²) in [5.74, 6) is 1.80. The molecule has 0 aromatic carbocycles. The van der Waals surface area contributed by atoms with E-state index < -0.39 is 5.41 Å². The fraction of sp³-hybridized carbons (Fsp3) is 0.781. The van der Waals surface area contributed by atoms with Crippen molar-refractivity contribution in [1.29, 1.82) is 0 Å². The van der Waals surface area contributed by atoms with Crippen LogP contribution in [0.5, 0.6) is 0 Å². The Morgan fingerprint density at radius 3 is 2.43 bits per heavy atom. The molecule has 3 saturated carbocycles. The fourth-order valence-electron chi connectivity index (χ4n) is 10.9. The topological polar surface area (TPSA) is 69.4 Å². The molecule has 6 rings (SSSR count). The number of hydrogen-bond donors (Lipinski definition) is 0. The van der Waals surface area contributed by atoms with Crippen LogP contribution in [0.3, 0.4) is 0 Å². The minimum atomic E-state index is -0.486. The number of ketones is 1. The quantitative estimate of drug-likeness (QED) is 0.389. The number of carbonyl (C=O) groups is 2. The highest BCUT2D eigenvalue weighted by molar-refractivity contribution is 5.96. The predicted octanol–water partition coefficient (Wildman–Crippen LogP) is 6.84. The van der Waals surface area contributed by atoms with Gasteiger partial charge in [-0.15, -0.1) is 0 Å². The van der Waals surface area contributed by atoms with E-state index in [4.69, 9.17) is 9.26 Å². The van der Waals surface area contributed by atoms with Gasteiger partial charge in [-0.3, -0.25) is 9.59 Å². The van der Waals surface area contributed by atoms with Gasteiger partial charge in [0.2, 0.25) is 0 Å². The van der Waals surface area contributed by atoms with Crippen molar-refractivity contribution < 1.29 is 18.8 Å². The van der Waals surface area contributed by atoms with Crippen molar-refractivity contribution in [1.82, 2.24) is 5.16 Å². The Balaban J connectivity index is 1.47. The zero-order chi connectivity index (χ0) is 26.8. The van der Waals surface area contributed by atoms with E-state index in [1.54, 1.807) is 0 Å². The number of allylic oxidation sites excluding steroid dienone is 2. The maximum atomic E-state index is 14.5. The molecule has 8 atom stereocenters. The number of rotatable bonds is 1. The molecule has 5 nitrogen and oxygen atoms in total. The SMILES string of the molecule is COC(=O)C1(C)CCC2(C)CCC3(C)C(=CC(=O)C4C5(C)Cc6cnoc6C(C)(C)C5CCC43C)C2C1. The standard InChI is InChI=1S/C32H45NO4/c1-27(2)23-9-10-32(7)24(30(23,5)16-19-18-33-37-25(19)27)22(34)15-20-21-17-29(4,26(35)36-8)12-11-28(21,3)13-14-31(20,32)6/h15,18,21,23-24H,9-14,16-17H2,1-8H3. The maximum absolute atomic E-state index is 14.5. The van der Waals surface area contributed by atoms with Crippen LogP contribution in [-0.4, -0.2) is 24.0 Å². The van der Waals surface area contributed by atoms with Gasteiger partial charge in [-0.05, 0) is 97.9 Å². The summed E-state index contributed by atoms with van der Waals surface area (Å²) in [5.41, 5.74) is 1.68. The van der Waals surface area contributed by atoms with E-state index in [9.17, 15) is 9.59 Å². The lowest BCUT2D eigenvalue weighted by atomic mass is 9.33. The van der Waals surface area contributed by atoms with Crippen LogP contribution in [0.15, 0.2) is 22.4 Å². The first-order valence-electron chi connectivity index (χ1n) is 14.4. The highest BCUT2D eigenvalue weighted by atomic mass is 16.5. The van der Waals surface area contributed by atoms with Crippen molar-refractivity contribution >= 4 is 11.8 Å². The average Bonchev–Trinajstić information content (AvgIpc) is 3.29. The summed E-state index contributed by atoms with van der Waals surface area (Å²) >= 11 is 0. The second-order valence-electron chi connectivity index (χ2n) is 15.3. The Morgan fingerprint density at radius 2 is 1.73 bits per heavy atom. The van der Waals surface area contributed by atoms with Gasteiger partial charge in [-0.25, -0.2) is 0 Å². The van der Waals surface area contributed by atoms with E-state index in [2.05, 4.69) is 59.7 Å². The Morgan fingerprint density at radius 1 is 1.03 bits per heavy atom. The molecule has 1 heterocycles. The molecule has 1 aromatic heterocycles. The molecule has 0 aliphatic heterocycles. The summed E-state index contributed by atoms with van der Waals surface area (Å²) in [4.78, 5) is 27.4. The Labute approximate surface area is 222 Å². The number of aromatic nitrogens is 1. The van der Waals surface area contributed by atoms with Crippen LogP contribution in [-0.2, 0) is 26.2 Å². The summed E-state index contributed by atoms with van der Waals surface area (Å²) in [6.45, 7) is 16.4. The first kappa shape index (κ1) is 25.4. The molecule has 202 valence electrons. The van der Waals surface area contributed by atoms with Gasteiger partial charge in [0.05, 0.1) is 18.7 Å². The monoisotopic (exact) mass is 507 g/mol. The third kappa shape index (κ3) is 2.95. The average molecular weight is 508 g/mol. The second-order valence-corrected chi connectivity index (χ2v) is 15.3. The number of fused-ring (bicyclic) bond motifs is 8. The molecule has 3 fully saturated rings.